The zero-order valence-electron chi connectivity index (χ0n) is 10.7. The van der Waals surface area contributed by atoms with Crippen LogP contribution in [0.2, 0.25) is 0 Å². The molecule has 0 radical (unpaired) electrons. The van der Waals surface area contributed by atoms with Crippen molar-refractivity contribution in [2.24, 2.45) is 5.84 Å². The van der Waals surface area contributed by atoms with Gasteiger partial charge in [0.1, 0.15) is 5.82 Å². The molecule has 0 saturated carbocycles. The fourth-order valence-corrected chi connectivity index (χ4v) is 1.32. The third kappa shape index (κ3) is 4.07. The van der Waals surface area contributed by atoms with E-state index in [2.05, 4.69) is 15.7 Å². The highest BCUT2D eigenvalue weighted by Gasteiger charge is 2.16. The molecule has 1 aromatic rings. The van der Waals surface area contributed by atoms with Crippen LogP contribution in [0.1, 0.15) is 6.42 Å². The fraction of sp³-hybridized carbons (Fsp3) is 0.400. The molecule has 0 aliphatic carbocycles. The van der Waals surface area contributed by atoms with Crippen LogP contribution < -0.4 is 16.6 Å². The molecule has 0 unspecified atom stereocenters. The monoisotopic (exact) mass is 268 g/mol. The summed E-state index contributed by atoms with van der Waals surface area (Å²) in [6, 6.07) is 2.69. The summed E-state index contributed by atoms with van der Waals surface area (Å²) >= 11 is 0. The Bertz CT molecular complexity index is 476. The molecule has 0 fully saturated rings. The van der Waals surface area contributed by atoms with Crippen LogP contribution in [-0.4, -0.2) is 41.4 Å². The van der Waals surface area contributed by atoms with E-state index in [0.717, 1.165) is 0 Å². The maximum absolute atomic E-state index is 11.4. The third-order valence-corrected chi connectivity index (χ3v) is 2.35. The van der Waals surface area contributed by atoms with Crippen LogP contribution in [0.4, 0.5) is 17.3 Å². The van der Waals surface area contributed by atoms with Crippen molar-refractivity contribution in [3.05, 3.63) is 22.2 Å². The standard InChI is InChI=1S/C10H16N6O3/c1-15(2)9(17)5-6-12-10-7(16(18)19)3-4-8(13-10)14-11/h3-4H,5-6,11H2,1-2H3,(H2,12,13,14). The summed E-state index contributed by atoms with van der Waals surface area (Å²) < 4.78 is 0. The molecule has 0 aliphatic rings. The van der Waals surface area contributed by atoms with Crippen LogP contribution >= 0.6 is 0 Å². The van der Waals surface area contributed by atoms with Crippen LogP contribution in [0, 0.1) is 10.1 Å². The summed E-state index contributed by atoms with van der Waals surface area (Å²) in [6.45, 7) is 0.249. The van der Waals surface area contributed by atoms with E-state index in [1.807, 2.05) is 0 Å². The minimum atomic E-state index is -0.552. The van der Waals surface area contributed by atoms with Crippen molar-refractivity contribution < 1.29 is 9.72 Å². The van der Waals surface area contributed by atoms with Crippen LogP contribution in [0.25, 0.3) is 0 Å². The van der Waals surface area contributed by atoms with Gasteiger partial charge >= 0.3 is 5.69 Å². The minimum Gasteiger partial charge on any atom is -0.364 e. The highest BCUT2D eigenvalue weighted by Crippen LogP contribution is 2.23. The van der Waals surface area contributed by atoms with Crippen LogP contribution in [-0.2, 0) is 4.79 Å². The first-order valence-electron chi connectivity index (χ1n) is 5.51. The predicted octanol–water partition coefficient (Wildman–Crippen LogP) is 0.166. The molecule has 1 rings (SSSR count). The van der Waals surface area contributed by atoms with Gasteiger partial charge in [0.05, 0.1) is 4.92 Å². The van der Waals surface area contributed by atoms with E-state index in [4.69, 9.17) is 5.84 Å². The van der Waals surface area contributed by atoms with Gasteiger partial charge in [0, 0.05) is 33.1 Å². The SMILES string of the molecule is CN(C)C(=O)CCNc1nc(NN)ccc1[N+](=O)[O-]. The smallest absolute Gasteiger partial charge is 0.311 e. The lowest BCUT2D eigenvalue weighted by molar-refractivity contribution is -0.384. The fourth-order valence-electron chi connectivity index (χ4n) is 1.32. The summed E-state index contributed by atoms with van der Waals surface area (Å²) in [5.41, 5.74) is 2.13. The Morgan fingerprint density at radius 2 is 2.21 bits per heavy atom. The Morgan fingerprint density at radius 3 is 2.74 bits per heavy atom. The van der Waals surface area contributed by atoms with Crippen molar-refractivity contribution in [2.75, 3.05) is 31.4 Å². The predicted molar refractivity (Wildman–Crippen MR) is 70.5 cm³/mol. The zero-order valence-corrected chi connectivity index (χ0v) is 10.7. The molecule has 1 heterocycles. The summed E-state index contributed by atoms with van der Waals surface area (Å²) in [7, 11) is 3.28. The van der Waals surface area contributed by atoms with Gasteiger partial charge < -0.3 is 15.6 Å². The molecule has 4 N–H and O–H groups in total. The van der Waals surface area contributed by atoms with Crippen LogP contribution in [0.15, 0.2) is 12.1 Å². The van der Waals surface area contributed by atoms with Gasteiger partial charge in [0.15, 0.2) is 0 Å². The Morgan fingerprint density at radius 1 is 1.53 bits per heavy atom. The van der Waals surface area contributed by atoms with Crippen molar-refractivity contribution in [3.8, 4) is 0 Å². The Labute approximate surface area is 109 Å². The van der Waals surface area contributed by atoms with Gasteiger partial charge in [-0.3, -0.25) is 14.9 Å². The first kappa shape index (κ1) is 14.6. The molecule has 9 nitrogen and oxygen atoms in total. The average Bonchev–Trinajstić information content (AvgIpc) is 2.37. The number of nitrogen functional groups attached to an aromatic ring is 1. The number of hydrazine groups is 1. The molecule has 1 aromatic heterocycles. The van der Waals surface area contributed by atoms with E-state index in [-0.39, 0.29) is 30.4 Å². The van der Waals surface area contributed by atoms with Gasteiger partial charge in [-0.1, -0.05) is 0 Å². The Kier molecular flexibility index (Phi) is 5.01. The van der Waals surface area contributed by atoms with Gasteiger partial charge in [-0.05, 0) is 6.07 Å². The third-order valence-electron chi connectivity index (χ3n) is 2.35. The number of pyridine rings is 1. The molecule has 19 heavy (non-hydrogen) atoms. The molecule has 0 spiro atoms. The number of rotatable bonds is 6. The first-order chi connectivity index (χ1) is 8.95. The number of nitrogens with zero attached hydrogens (tertiary/aromatic N) is 3. The number of anilines is 2. The van der Waals surface area contributed by atoms with E-state index in [1.165, 1.54) is 17.0 Å². The lowest BCUT2D eigenvalue weighted by atomic mass is 10.3. The summed E-state index contributed by atoms with van der Waals surface area (Å²) in [4.78, 5) is 27.0. The first-order valence-corrected chi connectivity index (χ1v) is 5.51. The molecule has 1 amide bonds. The second-order valence-corrected chi connectivity index (χ2v) is 3.93. The van der Waals surface area contributed by atoms with Crippen molar-refractivity contribution in [1.82, 2.24) is 9.88 Å². The number of hydrogen-bond acceptors (Lipinski definition) is 7. The number of nitro groups is 1. The number of amides is 1. The van der Waals surface area contributed by atoms with Crippen LogP contribution in [0.3, 0.4) is 0 Å². The highest BCUT2D eigenvalue weighted by molar-refractivity contribution is 5.76. The van der Waals surface area contributed by atoms with E-state index >= 15 is 0 Å². The molecule has 104 valence electrons. The maximum atomic E-state index is 11.4. The van der Waals surface area contributed by atoms with Crippen molar-refractivity contribution in [2.45, 2.75) is 6.42 Å². The van der Waals surface area contributed by atoms with Crippen molar-refractivity contribution in [1.29, 1.82) is 0 Å². The van der Waals surface area contributed by atoms with Crippen molar-refractivity contribution >= 4 is 23.2 Å². The van der Waals surface area contributed by atoms with Gasteiger partial charge in [0.2, 0.25) is 11.7 Å². The van der Waals surface area contributed by atoms with E-state index in [0.29, 0.717) is 5.82 Å². The second kappa shape index (κ2) is 6.50. The molecule has 0 atom stereocenters. The largest absolute Gasteiger partial charge is 0.364 e. The topological polar surface area (TPSA) is 126 Å². The number of carbonyl (C=O) groups is 1. The maximum Gasteiger partial charge on any atom is 0.311 e. The van der Waals surface area contributed by atoms with Crippen molar-refractivity contribution in [3.63, 3.8) is 0 Å². The second-order valence-electron chi connectivity index (χ2n) is 3.93. The van der Waals surface area contributed by atoms with Gasteiger partial charge in [-0.2, -0.15) is 0 Å². The van der Waals surface area contributed by atoms with Gasteiger partial charge in [-0.15, -0.1) is 0 Å². The molecular weight excluding hydrogens is 252 g/mol. The number of nitrogens with one attached hydrogen (secondary N) is 2. The molecule has 0 aromatic carbocycles. The lowest BCUT2D eigenvalue weighted by Gasteiger charge is -2.11. The van der Waals surface area contributed by atoms with Gasteiger partial charge in [0.25, 0.3) is 0 Å². The summed E-state index contributed by atoms with van der Waals surface area (Å²) in [5.74, 6) is 5.48. The number of aromatic nitrogens is 1. The molecular formula is C10H16N6O3. The Balaban J connectivity index is 2.75. The molecule has 0 saturated heterocycles. The molecule has 0 bridgehead atoms. The minimum absolute atomic E-state index is 0.0759. The van der Waals surface area contributed by atoms with Gasteiger partial charge in [-0.25, -0.2) is 10.8 Å². The average molecular weight is 268 g/mol. The number of carbonyl (C=O) groups excluding carboxylic acids is 1. The zero-order chi connectivity index (χ0) is 14.4. The molecule has 0 aliphatic heterocycles. The lowest BCUT2D eigenvalue weighted by Crippen LogP contribution is -2.24. The normalized spacial score (nSPS) is 9.84. The summed E-state index contributed by atoms with van der Waals surface area (Å²) in [5, 5.41) is 13.6. The van der Waals surface area contributed by atoms with E-state index < -0.39 is 4.92 Å². The number of nitrogens with two attached hydrogens (primary N) is 1. The highest BCUT2D eigenvalue weighted by atomic mass is 16.6. The summed E-state index contributed by atoms with van der Waals surface area (Å²) in [6.07, 6.45) is 0.214. The Hall–Kier alpha value is -2.42. The van der Waals surface area contributed by atoms with Crippen LogP contribution in [0.5, 0.6) is 0 Å². The quantitative estimate of drug-likeness (QED) is 0.381. The van der Waals surface area contributed by atoms with E-state index in [1.54, 1.807) is 14.1 Å². The van der Waals surface area contributed by atoms with E-state index in [9.17, 15) is 14.9 Å². The molecule has 9 heteroatoms. The number of hydrogen-bond donors (Lipinski definition) is 3.